The second kappa shape index (κ2) is 14.1. The summed E-state index contributed by atoms with van der Waals surface area (Å²) in [7, 11) is 0. The number of aromatic nitrogens is 9. The zero-order valence-corrected chi connectivity index (χ0v) is 28.3. The highest BCUT2D eigenvalue weighted by atomic mass is 19.2. The van der Waals surface area contributed by atoms with E-state index in [2.05, 4.69) is 44.9 Å². The molecule has 0 saturated carbocycles. The summed E-state index contributed by atoms with van der Waals surface area (Å²) in [5.41, 5.74) is -8.23. The summed E-state index contributed by atoms with van der Waals surface area (Å²) in [5.74, 6) is -20.0. The van der Waals surface area contributed by atoms with Crippen LogP contribution in [0.25, 0.3) is 51.7 Å². The molecule has 24 heteroatoms. The van der Waals surface area contributed by atoms with E-state index in [0.29, 0.717) is 0 Å². The average molecular weight is 799 g/mol. The number of hydrogen-bond acceptors (Lipinski definition) is 18. The highest BCUT2D eigenvalue weighted by molar-refractivity contribution is 6.03. The van der Waals surface area contributed by atoms with Crippen LogP contribution in [0.3, 0.4) is 0 Å². The van der Waals surface area contributed by atoms with Gasteiger partial charge in [-0.25, -0.2) is 26.3 Å². The topological polar surface area (TPSA) is 330 Å². The molecule has 0 atom stereocenters. The van der Waals surface area contributed by atoms with Crippen LogP contribution in [0.5, 0.6) is 0 Å². The number of hydrogen-bond donors (Lipinski definition) is 0. The Hall–Kier alpha value is -10.3. The molecule has 0 radical (unpaired) electrons. The van der Waals surface area contributed by atoms with E-state index in [-0.39, 0.29) is 0 Å². The predicted molar refractivity (Wildman–Crippen MR) is 177 cm³/mol. The van der Waals surface area contributed by atoms with Crippen LogP contribution >= 0.6 is 0 Å². The van der Waals surface area contributed by atoms with Crippen molar-refractivity contribution < 1.29 is 26.3 Å². The first-order valence-electron chi connectivity index (χ1n) is 15.4. The molecule has 0 N–H and O–H groups in total. The molecule has 0 aliphatic heterocycles. The lowest BCUT2D eigenvalue weighted by atomic mass is 10.1. The zero-order valence-electron chi connectivity index (χ0n) is 28.3. The van der Waals surface area contributed by atoms with Gasteiger partial charge < -0.3 is 0 Å². The van der Waals surface area contributed by atoms with E-state index in [0.717, 1.165) is 0 Å². The van der Waals surface area contributed by atoms with Crippen LogP contribution in [0.1, 0.15) is 52.4 Å². The van der Waals surface area contributed by atoms with Gasteiger partial charge in [0.15, 0.2) is 17.5 Å². The van der Waals surface area contributed by atoms with Crippen LogP contribution in [0, 0.1) is 102 Å². The van der Waals surface area contributed by atoms with Gasteiger partial charge in [-0.05, 0) is 0 Å². The molecule has 0 amide bonds. The molecule has 0 spiro atoms. The van der Waals surface area contributed by atoms with Gasteiger partial charge in [0, 0.05) is 31.3 Å². The van der Waals surface area contributed by atoms with Crippen LogP contribution in [0.15, 0.2) is 16.7 Å². The van der Waals surface area contributed by atoms with E-state index in [1.165, 1.54) is 54.6 Å². The molecule has 3 aliphatic carbocycles. The van der Waals surface area contributed by atoms with Gasteiger partial charge in [0.25, 0.3) is 0 Å². The first kappa shape index (κ1) is 38.0. The monoisotopic (exact) mass is 798 g/mol. The Bertz CT molecular complexity index is 3160. The van der Waals surface area contributed by atoms with Gasteiger partial charge in [-0.1, -0.05) is 0 Å². The highest BCUT2D eigenvalue weighted by Gasteiger charge is 2.38. The lowest BCUT2D eigenvalue weighted by Gasteiger charge is -2.04. The Morgan fingerprint density at radius 3 is 0.583 bits per heavy atom. The number of fused-ring (bicyclic) bond motifs is 6. The molecule has 1 aromatic carbocycles. The lowest BCUT2D eigenvalue weighted by molar-refractivity contribution is 0.724. The Morgan fingerprint density at radius 2 is 0.450 bits per heavy atom. The fraction of sp³-hybridized carbons (Fsp3) is 0. The van der Waals surface area contributed by atoms with E-state index >= 15 is 26.3 Å². The minimum absolute atomic E-state index is 0.831. The fourth-order valence-corrected chi connectivity index (χ4v) is 6.18. The van der Waals surface area contributed by atoms with Gasteiger partial charge in [-0.2, -0.15) is 92.2 Å². The molecule has 4 aromatic rings. The summed E-state index contributed by atoms with van der Waals surface area (Å²) in [6.45, 7) is 0. The number of rotatable bonds is 3. The predicted octanol–water partition coefficient (Wildman–Crippen LogP) is -1.09. The quantitative estimate of drug-likeness (QED) is 0.175. The SMILES string of the molecule is N#CC(=C1C(F)=c2c3c(c4c(c2=C1F)=C(F)C(=C(C#N)c1nc(C#N)nc(C#N)n1)C=4F)=C(F)C(=C(C#N)c1nc(C#N)nc(C#N)n1)C=3F)c1nc(C#N)nc(C#N)n1. The second-order valence-electron chi connectivity index (χ2n) is 11.3. The Balaban J connectivity index is 1.81. The minimum Gasteiger partial charge on any atom is -0.205 e. The second-order valence-corrected chi connectivity index (χ2v) is 11.3. The van der Waals surface area contributed by atoms with Crippen LogP contribution in [0.2, 0.25) is 0 Å². The molecule has 60 heavy (non-hydrogen) atoms. The smallest absolute Gasteiger partial charge is 0.205 e. The number of benzene rings is 1. The summed E-state index contributed by atoms with van der Waals surface area (Å²) in [6.07, 6.45) is 0. The van der Waals surface area contributed by atoms with Crippen molar-refractivity contribution in [2.24, 2.45) is 0 Å². The normalized spacial score (nSPS) is 13.1. The summed E-state index contributed by atoms with van der Waals surface area (Å²) >= 11 is 0. The van der Waals surface area contributed by atoms with Crippen molar-refractivity contribution in [3.63, 3.8) is 0 Å². The van der Waals surface area contributed by atoms with Crippen molar-refractivity contribution in [2.45, 2.75) is 0 Å². The molecular weight excluding hydrogens is 799 g/mol. The molecule has 7 rings (SSSR count). The Morgan fingerprint density at radius 1 is 0.283 bits per heavy atom. The van der Waals surface area contributed by atoms with Gasteiger partial charge in [-0.3, -0.25) is 0 Å². The lowest BCUT2D eigenvalue weighted by Crippen LogP contribution is -2.64. The maximum absolute atomic E-state index is 17.0. The third-order valence-corrected chi connectivity index (χ3v) is 8.40. The van der Waals surface area contributed by atoms with Crippen LogP contribution in [0.4, 0.5) is 26.3 Å². The third kappa shape index (κ3) is 5.33. The van der Waals surface area contributed by atoms with E-state index in [1.54, 1.807) is 0 Å². The largest absolute Gasteiger partial charge is 0.236 e. The van der Waals surface area contributed by atoms with E-state index in [4.69, 9.17) is 0 Å². The molecular formula is C36F6N18. The number of nitrogens with zero attached hydrogens (tertiary/aromatic N) is 18. The van der Waals surface area contributed by atoms with Gasteiger partial charge in [0.2, 0.25) is 34.9 Å². The van der Waals surface area contributed by atoms with Crippen molar-refractivity contribution in [1.82, 2.24) is 44.9 Å². The first-order chi connectivity index (χ1) is 28.9. The van der Waals surface area contributed by atoms with E-state index in [9.17, 15) is 47.4 Å². The number of halogens is 6. The average Bonchev–Trinajstić information content (AvgIpc) is 3.79. The van der Waals surface area contributed by atoms with Crippen LogP contribution < -0.4 is 31.3 Å². The molecule has 3 aromatic heterocycles. The Kier molecular flexibility index (Phi) is 8.91. The van der Waals surface area contributed by atoms with Crippen LogP contribution in [-0.2, 0) is 0 Å². The molecule has 0 unspecified atom stereocenters. The van der Waals surface area contributed by atoms with Crippen molar-refractivity contribution in [2.75, 3.05) is 0 Å². The molecule has 276 valence electrons. The van der Waals surface area contributed by atoms with E-state index in [1.807, 2.05) is 0 Å². The number of nitriles is 9. The van der Waals surface area contributed by atoms with Crippen molar-refractivity contribution >= 4 is 51.7 Å². The van der Waals surface area contributed by atoms with Crippen molar-refractivity contribution in [3.8, 4) is 54.6 Å². The summed E-state index contributed by atoms with van der Waals surface area (Å²) < 4.78 is 102. The van der Waals surface area contributed by atoms with Gasteiger partial charge in [0.05, 0.1) is 16.7 Å². The summed E-state index contributed by atoms with van der Waals surface area (Å²) in [6, 6.07) is 12.7. The Labute approximate surface area is 325 Å². The maximum Gasteiger partial charge on any atom is 0.236 e. The number of allylic oxidation sites excluding steroid dienone is 6. The first-order valence-corrected chi connectivity index (χ1v) is 15.4. The highest BCUT2D eigenvalue weighted by Crippen LogP contribution is 2.36. The van der Waals surface area contributed by atoms with Gasteiger partial charge in [0.1, 0.15) is 106 Å². The summed E-state index contributed by atoms with van der Waals surface area (Å²) in [5, 5.41) is 78.1. The minimum atomic E-state index is -1.99. The molecule has 18 nitrogen and oxygen atoms in total. The van der Waals surface area contributed by atoms with Crippen molar-refractivity contribution in [1.29, 1.82) is 47.4 Å². The standard InChI is InChI=1S/C36F6N18/c37-28-19(10(1-43)34-55-13(4-46)52-14(5-47)56-34)29(38)23-22(28)24-26(32(41)20(30(24)39)11(2-44)35-57-15(6-48)53-16(7-49)58-35)27-25(23)31(40)21(33(27)42)12(3-45)36-59-17(8-50)54-18(9-51)60-36. The molecule has 0 saturated heterocycles. The molecule has 0 fully saturated rings. The fourth-order valence-electron chi connectivity index (χ4n) is 6.18. The third-order valence-electron chi connectivity index (χ3n) is 8.40. The molecule has 3 heterocycles. The van der Waals surface area contributed by atoms with Gasteiger partial charge >= 0.3 is 0 Å². The molecule has 3 aliphatic rings. The summed E-state index contributed by atoms with van der Waals surface area (Å²) in [4.78, 5) is 31.8. The van der Waals surface area contributed by atoms with Gasteiger partial charge in [-0.15, -0.1) is 0 Å². The van der Waals surface area contributed by atoms with E-state index < -0.39 is 152 Å². The maximum atomic E-state index is 17.0. The molecule has 0 bridgehead atoms. The van der Waals surface area contributed by atoms with Crippen LogP contribution in [-0.4, -0.2) is 44.9 Å². The van der Waals surface area contributed by atoms with Crippen molar-refractivity contribution in [3.05, 3.63) is 100 Å². The zero-order chi connectivity index (χ0) is 43.3.